The van der Waals surface area contributed by atoms with E-state index in [0.29, 0.717) is 6.42 Å². The molecule has 1 amide bonds. The Balaban J connectivity index is 1.55. The molecule has 0 aliphatic rings. The number of anilines is 1. The summed E-state index contributed by atoms with van der Waals surface area (Å²) < 4.78 is 0. The molecule has 1 aromatic heterocycles. The maximum Gasteiger partial charge on any atom is 0.224 e. The van der Waals surface area contributed by atoms with Crippen molar-refractivity contribution in [2.24, 2.45) is 0 Å². The number of aromatic nitrogens is 2. The highest BCUT2D eigenvalue weighted by Crippen LogP contribution is 2.26. The molecule has 0 radical (unpaired) electrons. The van der Waals surface area contributed by atoms with E-state index in [4.69, 9.17) is 0 Å². The average molecular weight is 392 g/mol. The SMILES string of the molecule is Cc1ccc(CCC(=O)Nc2ccc(Sc3nc(C)cc(C)n3)cc2)c(C)c1. The molecule has 5 heteroatoms. The van der Waals surface area contributed by atoms with E-state index < -0.39 is 0 Å². The molecule has 0 unspecified atom stereocenters. The van der Waals surface area contributed by atoms with Crippen molar-refractivity contribution in [1.29, 1.82) is 0 Å². The average Bonchev–Trinajstić information content (AvgIpc) is 2.62. The van der Waals surface area contributed by atoms with Crippen LogP contribution in [-0.4, -0.2) is 15.9 Å². The highest BCUT2D eigenvalue weighted by molar-refractivity contribution is 7.99. The molecular formula is C23H25N3OS. The lowest BCUT2D eigenvalue weighted by atomic mass is 10.0. The summed E-state index contributed by atoms with van der Waals surface area (Å²) in [7, 11) is 0. The predicted octanol–water partition coefficient (Wildman–Crippen LogP) is 5.43. The summed E-state index contributed by atoms with van der Waals surface area (Å²) in [5.74, 6) is 0.0259. The molecule has 1 heterocycles. The Kier molecular flexibility index (Phi) is 6.47. The van der Waals surface area contributed by atoms with Crippen molar-refractivity contribution >= 4 is 23.4 Å². The van der Waals surface area contributed by atoms with Crippen LogP contribution in [0.4, 0.5) is 5.69 Å². The number of rotatable bonds is 6. The van der Waals surface area contributed by atoms with Gasteiger partial charge in [0.1, 0.15) is 0 Å². The smallest absolute Gasteiger partial charge is 0.224 e. The quantitative estimate of drug-likeness (QED) is 0.569. The van der Waals surface area contributed by atoms with Crippen LogP contribution in [0.25, 0.3) is 0 Å². The summed E-state index contributed by atoms with van der Waals surface area (Å²) in [4.78, 5) is 22.2. The van der Waals surface area contributed by atoms with E-state index in [1.54, 1.807) is 0 Å². The molecule has 0 spiro atoms. The minimum absolute atomic E-state index is 0.0259. The van der Waals surface area contributed by atoms with Gasteiger partial charge in [0.25, 0.3) is 0 Å². The van der Waals surface area contributed by atoms with Crippen LogP contribution in [0.3, 0.4) is 0 Å². The van der Waals surface area contributed by atoms with Crippen molar-refractivity contribution in [2.75, 3.05) is 5.32 Å². The largest absolute Gasteiger partial charge is 0.326 e. The first-order valence-corrected chi connectivity index (χ1v) is 10.2. The first-order chi connectivity index (χ1) is 13.4. The molecule has 3 rings (SSSR count). The molecule has 144 valence electrons. The van der Waals surface area contributed by atoms with Crippen LogP contribution in [0.15, 0.2) is 58.6 Å². The van der Waals surface area contributed by atoms with Crippen molar-refractivity contribution < 1.29 is 4.79 Å². The molecule has 0 aliphatic heterocycles. The summed E-state index contributed by atoms with van der Waals surface area (Å²) in [5, 5.41) is 3.71. The maximum absolute atomic E-state index is 12.3. The second-order valence-corrected chi connectivity index (χ2v) is 8.08. The van der Waals surface area contributed by atoms with Gasteiger partial charge < -0.3 is 5.32 Å². The first kappa shape index (κ1) is 20.1. The summed E-state index contributed by atoms with van der Waals surface area (Å²) in [5.41, 5.74) is 6.43. The van der Waals surface area contributed by atoms with Crippen molar-refractivity contribution in [3.63, 3.8) is 0 Å². The van der Waals surface area contributed by atoms with E-state index in [2.05, 4.69) is 47.3 Å². The number of hydrogen-bond acceptors (Lipinski definition) is 4. The van der Waals surface area contributed by atoms with Gasteiger partial charge in [-0.05, 0) is 87.3 Å². The molecule has 0 saturated heterocycles. The third-order valence-electron chi connectivity index (χ3n) is 4.43. The van der Waals surface area contributed by atoms with Crippen LogP contribution in [-0.2, 0) is 11.2 Å². The van der Waals surface area contributed by atoms with Gasteiger partial charge in [-0.25, -0.2) is 9.97 Å². The van der Waals surface area contributed by atoms with Gasteiger partial charge >= 0.3 is 0 Å². The summed E-state index contributed by atoms with van der Waals surface area (Å²) in [6.07, 6.45) is 1.22. The topological polar surface area (TPSA) is 54.9 Å². The second-order valence-electron chi connectivity index (χ2n) is 7.04. The van der Waals surface area contributed by atoms with E-state index >= 15 is 0 Å². The molecule has 4 nitrogen and oxygen atoms in total. The lowest BCUT2D eigenvalue weighted by molar-refractivity contribution is -0.116. The lowest BCUT2D eigenvalue weighted by Gasteiger charge is -2.09. The normalized spacial score (nSPS) is 10.7. The number of carbonyl (C=O) groups excluding carboxylic acids is 1. The second kappa shape index (κ2) is 9.02. The number of benzene rings is 2. The Morgan fingerprint density at radius 2 is 1.61 bits per heavy atom. The van der Waals surface area contributed by atoms with Crippen molar-refractivity contribution in [3.8, 4) is 0 Å². The zero-order valence-electron chi connectivity index (χ0n) is 16.7. The van der Waals surface area contributed by atoms with E-state index in [1.807, 2.05) is 44.2 Å². The molecule has 0 fully saturated rings. The molecule has 0 saturated carbocycles. The maximum atomic E-state index is 12.3. The minimum Gasteiger partial charge on any atom is -0.326 e. The third kappa shape index (κ3) is 5.67. The predicted molar refractivity (Wildman–Crippen MR) is 115 cm³/mol. The van der Waals surface area contributed by atoms with Crippen LogP contribution >= 0.6 is 11.8 Å². The molecular weight excluding hydrogens is 366 g/mol. The Bertz CT molecular complexity index is 963. The summed E-state index contributed by atoms with van der Waals surface area (Å²) >= 11 is 1.52. The minimum atomic E-state index is 0.0259. The van der Waals surface area contributed by atoms with Gasteiger partial charge in [0.15, 0.2) is 5.16 Å². The molecule has 3 aromatic rings. The van der Waals surface area contributed by atoms with Gasteiger partial charge in [-0.3, -0.25) is 4.79 Å². The fraction of sp³-hybridized carbons (Fsp3) is 0.261. The number of nitrogens with one attached hydrogen (secondary N) is 1. The number of carbonyl (C=O) groups is 1. The van der Waals surface area contributed by atoms with Crippen LogP contribution in [0.1, 0.15) is 34.5 Å². The van der Waals surface area contributed by atoms with Crippen molar-refractivity contribution in [1.82, 2.24) is 9.97 Å². The number of hydrogen-bond donors (Lipinski definition) is 1. The zero-order valence-corrected chi connectivity index (χ0v) is 17.6. The standard InChI is InChI=1S/C23H25N3OS/c1-15-5-6-19(16(2)13-15)7-12-22(27)26-20-8-10-21(11-9-20)28-23-24-17(3)14-18(4)25-23/h5-6,8-11,13-14H,7,12H2,1-4H3,(H,26,27). The monoisotopic (exact) mass is 391 g/mol. The molecule has 28 heavy (non-hydrogen) atoms. The van der Waals surface area contributed by atoms with E-state index in [1.165, 1.54) is 28.5 Å². The fourth-order valence-corrected chi connectivity index (χ4v) is 3.91. The number of amides is 1. The van der Waals surface area contributed by atoms with Gasteiger partial charge in [-0.2, -0.15) is 0 Å². The van der Waals surface area contributed by atoms with Gasteiger partial charge in [0.2, 0.25) is 5.91 Å². The molecule has 1 N–H and O–H groups in total. The van der Waals surface area contributed by atoms with E-state index in [0.717, 1.165) is 33.5 Å². The molecule has 0 aliphatic carbocycles. The zero-order chi connectivity index (χ0) is 20.1. The summed E-state index contributed by atoms with van der Waals surface area (Å²) in [6.45, 7) is 8.11. The van der Waals surface area contributed by atoms with E-state index in [9.17, 15) is 4.79 Å². The number of nitrogens with zero attached hydrogens (tertiary/aromatic N) is 2. The van der Waals surface area contributed by atoms with Crippen molar-refractivity contribution in [3.05, 3.63) is 76.6 Å². The van der Waals surface area contributed by atoms with Crippen LogP contribution in [0.2, 0.25) is 0 Å². The molecule has 2 aromatic carbocycles. The highest BCUT2D eigenvalue weighted by atomic mass is 32.2. The molecule has 0 atom stereocenters. The first-order valence-electron chi connectivity index (χ1n) is 9.35. The van der Waals surface area contributed by atoms with Crippen LogP contribution in [0, 0.1) is 27.7 Å². The van der Waals surface area contributed by atoms with Crippen LogP contribution in [0.5, 0.6) is 0 Å². The Morgan fingerprint density at radius 3 is 2.25 bits per heavy atom. The lowest BCUT2D eigenvalue weighted by Crippen LogP contribution is -2.12. The third-order valence-corrected chi connectivity index (χ3v) is 5.30. The Labute approximate surface area is 170 Å². The van der Waals surface area contributed by atoms with Gasteiger partial charge in [0.05, 0.1) is 0 Å². The van der Waals surface area contributed by atoms with Gasteiger partial charge in [-0.1, -0.05) is 23.8 Å². The fourth-order valence-electron chi connectivity index (χ4n) is 3.05. The summed E-state index contributed by atoms with van der Waals surface area (Å²) in [6, 6.07) is 16.1. The number of aryl methyl sites for hydroxylation is 5. The van der Waals surface area contributed by atoms with E-state index in [-0.39, 0.29) is 5.91 Å². The molecule has 0 bridgehead atoms. The van der Waals surface area contributed by atoms with Crippen molar-refractivity contribution in [2.45, 2.75) is 50.6 Å². The van der Waals surface area contributed by atoms with Gasteiger partial charge in [0, 0.05) is 28.4 Å². The highest BCUT2D eigenvalue weighted by Gasteiger charge is 2.07. The van der Waals surface area contributed by atoms with Gasteiger partial charge in [-0.15, -0.1) is 0 Å². The Hall–Kier alpha value is -2.66. The van der Waals surface area contributed by atoms with Crippen LogP contribution < -0.4 is 5.32 Å². The Morgan fingerprint density at radius 1 is 0.929 bits per heavy atom.